The molecule has 4 heteroatoms. The standard InChI is InChI=1S/C19H21F2NO/c1-22-11-14-8-13-9-18(21)19(23-2)10-17(13)16(14)7-12-4-3-5-15(20)6-12/h3-6,9-10,14,16,22H,7-8,11H2,1-2H3. The van der Waals surface area contributed by atoms with Crippen molar-refractivity contribution in [3.05, 3.63) is 64.7 Å². The monoisotopic (exact) mass is 317 g/mol. The fraction of sp³-hybridized carbons (Fsp3) is 0.368. The van der Waals surface area contributed by atoms with Crippen LogP contribution in [0.2, 0.25) is 0 Å². The predicted molar refractivity (Wildman–Crippen MR) is 86.9 cm³/mol. The van der Waals surface area contributed by atoms with E-state index in [-0.39, 0.29) is 23.3 Å². The molecule has 2 nitrogen and oxygen atoms in total. The average Bonchev–Trinajstić information content (AvgIpc) is 2.83. The maximum atomic E-state index is 14.0. The molecule has 0 aliphatic heterocycles. The van der Waals surface area contributed by atoms with E-state index in [2.05, 4.69) is 5.32 Å². The highest BCUT2D eigenvalue weighted by atomic mass is 19.1. The number of fused-ring (bicyclic) bond motifs is 1. The fourth-order valence-electron chi connectivity index (χ4n) is 3.64. The van der Waals surface area contributed by atoms with Crippen molar-refractivity contribution in [2.45, 2.75) is 18.8 Å². The van der Waals surface area contributed by atoms with Crippen molar-refractivity contribution in [1.29, 1.82) is 0 Å². The van der Waals surface area contributed by atoms with E-state index in [1.807, 2.05) is 19.2 Å². The third kappa shape index (κ3) is 3.22. The lowest BCUT2D eigenvalue weighted by Crippen LogP contribution is -2.23. The molecule has 0 aromatic heterocycles. The summed E-state index contributed by atoms with van der Waals surface area (Å²) in [5.74, 6) is 0.333. The van der Waals surface area contributed by atoms with E-state index in [1.54, 1.807) is 18.2 Å². The van der Waals surface area contributed by atoms with E-state index >= 15 is 0 Å². The van der Waals surface area contributed by atoms with Crippen LogP contribution in [0.15, 0.2) is 36.4 Å². The van der Waals surface area contributed by atoms with Crippen LogP contribution in [-0.2, 0) is 12.8 Å². The Bertz CT molecular complexity index is 702. The smallest absolute Gasteiger partial charge is 0.165 e. The van der Waals surface area contributed by atoms with Gasteiger partial charge in [0.25, 0.3) is 0 Å². The third-order valence-corrected chi connectivity index (χ3v) is 4.68. The average molecular weight is 317 g/mol. The zero-order valence-electron chi connectivity index (χ0n) is 13.4. The first-order valence-electron chi connectivity index (χ1n) is 7.87. The number of halogens is 2. The molecule has 122 valence electrons. The van der Waals surface area contributed by atoms with Crippen LogP contribution in [0.5, 0.6) is 5.75 Å². The maximum absolute atomic E-state index is 14.0. The molecule has 2 aromatic carbocycles. The Labute approximate surface area is 135 Å². The van der Waals surface area contributed by atoms with E-state index in [0.717, 1.165) is 36.1 Å². The summed E-state index contributed by atoms with van der Waals surface area (Å²) in [6.07, 6.45) is 1.57. The van der Waals surface area contributed by atoms with Gasteiger partial charge in [0.05, 0.1) is 7.11 Å². The molecule has 23 heavy (non-hydrogen) atoms. The van der Waals surface area contributed by atoms with Gasteiger partial charge in [-0.2, -0.15) is 0 Å². The molecular formula is C19H21F2NO. The molecule has 2 aromatic rings. The van der Waals surface area contributed by atoms with Gasteiger partial charge < -0.3 is 10.1 Å². The van der Waals surface area contributed by atoms with Gasteiger partial charge >= 0.3 is 0 Å². The van der Waals surface area contributed by atoms with Crippen molar-refractivity contribution in [2.75, 3.05) is 20.7 Å². The van der Waals surface area contributed by atoms with Crippen molar-refractivity contribution in [3.8, 4) is 5.75 Å². The number of hydrogen-bond donors (Lipinski definition) is 1. The van der Waals surface area contributed by atoms with E-state index in [9.17, 15) is 8.78 Å². The molecule has 0 saturated carbocycles. The van der Waals surface area contributed by atoms with E-state index in [1.165, 1.54) is 13.2 Å². The van der Waals surface area contributed by atoms with Gasteiger partial charge in [-0.1, -0.05) is 12.1 Å². The SMILES string of the molecule is CNCC1Cc2cc(F)c(OC)cc2C1Cc1cccc(F)c1. The highest BCUT2D eigenvalue weighted by Gasteiger charge is 2.33. The molecule has 0 spiro atoms. The summed E-state index contributed by atoms with van der Waals surface area (Å²) in [5.41, 5.74) is 3.12. The first kappa shape index (κ1) is 15.9. The van der Waals surface area contributed by atoms with Crippen molar-refractivity contribution in [1.82, 2.24) is 5.32 Å². The molecule has 2 unspecified atom stereocenters. The van der Waals surface area contributed by atoms with Crippen molar-refractivity contribution in [3.63, 3.8) is 0 Å². The second kappa shape index (κ2) is 6.67. The molecule has 0 radical (unpaired) electrons. The Hall–Kier alpha value is -1.94. The number of nitrogens with one attached hydrogen (secondary N) is 1. The van der Waals surface area contributed by atoms with Crippen LogP contribution in [0.3, 0.4) is 0 Å². The number of ether oxygens (including phenoxy) is 1. The lowest BCUT2D eigenvalue weighted by Gasteiger charge is -2.21. The molecule has 0 saturated heterocycles. The Morgan fingerprint density at radius 2 is 2.04 bits per heavy atom. The topological polar surface area (TPSA) is 21.3 Å². The van der Waals surface area contributed by atoms with E-state index < -0.39 is 0 Å². The first-order valence-corrected chi connectivity index (χ1v) is 7.87. The molecule has 0 bridgehead atoms. The van der Waals surface area contributed by atoms with Crippen molar-refractivity contribution < 1.29 is 13.5 Å². The molecule has 3 rings (SSSR count). The van der Waals surface area contributed by atoms with E-state index in [0.29, 0.717) is 5.92 Å². The number of rotatable bonds is 5. The third-order valence-electron chi connectivity index (χ3n) is 4.68. The first-order chi connectivity index (χ1) is 11.1. The zero-order valence-corrected chi connectivity index (χ0v) is 13.4. The fourth-order valence-corrected chi connectivity index (χ4v) is 3.64. The van der Waals surface area contributed by atoms with Crippen molar-refractivity contribution in [2.24, 2.45) is 5.92 Å². The summed E-state index contributed by atoms with van der Waals surface area (Å²) in [7, 11) is 3.40. The van der Waals surface area contributed by atoms with Gasteiger partial charge in [0.1, 0.15) is 5.82 Å². The number of hydrogen-bond acceptors (Lipinski definition) is 2. The van der Waals surface area contributed by atoms with Gasteiger partial charge in [0.2, 0.25) is 0 Å². The van der Waals surface area contributed by atoms with Crippen LogP contribution < -0.4 is 10.1 Å². The molecule has 1 aliphatic rings. The summed E-state index contributed by atoms with van der Waals surface area (Å²) in [6.45, 7) is 0.846. The van der Waals surface area contributed by atoms with Crippen LogP contribution in [0.4, 0.5) is 8.78 Å². The van der Waals surface area contributed by atoms with Crippen LogP contribution >= 0.6 is 0 Å². The van der Waals surface area contributed by atoms with Crippen LogP contribution in [0.1, 0.15) is 22.6 Å². The zero-order chi connectivity index (χ0) is 16.4. The summed E-state index contributed by atoms with van der Waals surface area (Å²) < 4.78 is 32.6. The number of methoxy groups -OCH3 is 1. The minimum Gasteiger partial charge on any atom is -0.494 e. The van der Waals surface area contributed by atoms with Gasteiger partial charge in [-0.3, -0.25) is 0 Å². The van der Waals surface area contributed by atoms with Gasteiger partial charge in [-0.05, 0) is 79.2 Å². The highest BCUT2D eigenvalue weighted by Crippen LogP contribution is 2.42. The predicted octanol–water partition coefficient (Wildman–Crippen LogP) is 3.69. The molecular weight excluding hydrogens is 296 g/mol. The van der Waals surface area contributed by atoms with Crippen LogP contribution in [0.25, 0.3) is 0 Å². The molecule has 1 N–H and O–H groups in total. The molecule has 0 heterocycles. The molecule has 2 atom stereocenters. The normalized spacial score (nSPS) is 19.7. The highest BCUT2D eigenvalue weighted by molar-refractivity contribution is 5.44. The second-order valence-corrected chi connectivity index (χ2v) is 6.15. The lowest BCUT2D eigenvalue weighted by atomic mass is 9.86. The maximum Gasteiger partial charge on any atom is 0.165 e. The molecule has 0 fully saturated rings. The van der Waals surface area contributed by atoms with Crippen LogP contribution in [-0.4, -0.2) is 20.7 Å². The summed E-state index contributed by atoms with van der Waals surface area (Å²) in [4.78, 5) is 0. The minimum atomic E-state index is -0.319. The quantitative estimate of drug-likeness (QED) is 0.908. The second-order valence-electron chi connectivity index (χ2n) is 6.15. The largest absolute Gasteiger partial charge is 0.494 e. The van der Waals surface area contributed by atoms with Crippen molar-refractivity contribution >= 4 is 0 Å². The summed E-state index contributed by atoms with van der Waals surface area (Å²) >= 11 is 0. The van der Waals surface area contributed by atoms with Crippen LogP contribution in [0, 0.1) is 17.6 Å². The summed E-state index contributed by atoms with van der Waals surface area (Å²) in [5, 5.41) is 3.22. The Morgan fingerprint density at radius 1 is 1.22 bits per heavy atom. The Kier molecular flexibility index (Phi) is 4.62. The summed E-state index contributed by atoms with van der Waals surface area (Å²) in [6, 6.07) is 10.1. The Morgan fingerprint density at radius 3 is 2.74 bits per heavy atom. The minimum absolute atomic E-state index is 0.220. The molecule has 0 amide bonds. The lowest BCUT2D eigenvalue weighted by molar-refractivity contribution is 0.385. The van der Waals surface area contributed by atoms with Gasteiger partial charge in [0, 0.05) is 0 Å². The molecule has 1 aliphatic carbocycles. The van der Waals surface area contributed by atoms with E-state index in [4.69, 9.17) is 4.74 Å². The van der Waals surface area contributed by atoms with Gasteiger partial charge in [-0.25, -0.2) is 8.78 Å². The Balaban J connectivity index is 1.96. The van der Waals surface area contributed by atoms with Gasteiger partial charge in [0.15, 0.2) is 11.6 Å². The van der Waals surface area contributed by atoms with Gasteiger partial charge in [-0.15, -0.1) is 0 Å². The number of benzene rings is 2.